The molecule has 1 aliphatic rings. The number of rotatable bonds is 5. The van der Waals surface area contributed by atoms with Gasteiger partial charge in [-0.2, -0.15) is 5.53 Å². The lowest BCUT2D eigenvalue weighted by molar-refractivity contribution is -0.132. The number of amides is 1. The molecule has 0 radical (unpaired) electrons. The molecule has 0 spiro atoms. The van der Waals surface area contributed by atoms with E-state index in [0.717, 1.165) is 5.56 Å². The second kappa shape index (κ2) is 7.39. The SMILES string of the molecule is CN(Cc1ccccc1)C(=O)C1NNNC1Nc1ccccc1F. The fourth-order valence-electron chi connectivity index (χ4n) is 2.61. The molecular weight excluding hydrogens is 309 g/mol. The number of hydrogen-bond acceptors (Lipinski definition) is 5. The highest BCUT2D eigenvalue weighted by Crippen LogP contribution is 2.15. The van der Waals surface area contributed by atoms with Gasteiger partial charge in [-0.05, 0) is 17.7 Å². The van der Waals surface area contributed by atoms with Crippen molar-refractivity contribution in [3.05, 3.63) is 66.0 Å². The molecule has 2 aromatic carbocycles. The lowest BCUT2D eigenvalue weighted by atomic mass is 10.1. The van der Waals surface area contributed by atoms with Gasteiger partial charge in [-0.25, -0.2) is 15.2 Å². The van der Waals surface area contributed by atoms with Gasteiger partial charge in [-0.3, -0.25) is 4.79 Å². The predicted molar refractivity (Wildman–Crippen MR) is 89.9 cm³/mol. The molecule has 1 saturated heterocycles. The highest BCUT2D eigenvalue weighted by Gasteiger charge is 2.34. The average molecular weight is 329 g/mol. The van der Waals surface area contributed by atoms with Gasteiger partial charge in [-0.1, -0.05) is 42.5 Å². The number of carbonyl (C=O) groups excluding carboxylic acids is 1. The highest BCUT2D eigenvalue weighted by molar-refractivity contribution is 5.83. The summed E-state index contributed by atoms with van der Waals surface area (Å²) in [6.45, 7) is 0.504. The number of para-hydroxylation sites is 1. The zero-order valence-corrected chi connectivity index (χ0v) is 13.3. The van der Waals surface area contributed by atoms with Gasteiger partial charge >= 0.3 is 0 Å². The van der Waals surface area contributed by atoms with Crippen LogP contribution in [-0.4, -0.2) is 30.1 Å². The van der Waals surface area contributed by atoms with E-state index in [1.165, 1.54) is 6.07 Å². The summed E-state index contributed by atoms with van der Waals surface area (Å²) in [6, 6.07) is 15.5. The third-order valence-corrected chi connectivity index (χ3v) is 3.88. The van der Waals surface area contributed by atoms with Gasteiger partial charge in [0.05, 0.1) is 5.69 Å². The fraction of sp³-hybridized carbons (Fsp3) is 0.235. The first-order valence-electron chi connectivity index (χ1n) is 7.71. The van der Waals surface area contributed by atoms with E-state index in [1.807, 2.05) is 30.3 Å². The molecule has 1 amide bonds. The van der Waals surface area contributed by atoms with Gasteiger partial charge in [-0.15, -0.1) is 0 Å². The minimum Gasteiger partial charge on any atom is -0.365 e. The molecule has 1 fully saturated rings. The van der Waals surface area contributed by atoms with Crippen LogP contribution in [0.5, 0.6) is 0 Å². The van der Waals surface area contributed by atoms with Crippen molar-refractivity contribution in [2.75, 3.05) is 12.4 Å². The van der Waals surface area contributed by atoms with E-state index in [4.69, 9.17) is 0 Å². The number of nitrogens with one attached hydrogen (secondary N) is 4. The Bertz CT molecular complexity index is 696. The lowest BCUT2D eigenvalue weighted by Gasteiger charge is -2.25. The Hall–Kier alpha value is -2.48. The van der Waals surface area contributed by atoms with E-state index in [1.54, 1.807) is 30.1 Å². The standard InChI is InChI=1S/C17H20FN5O/c1-23(11-12-7-3-2-4-8-12)17(24)15-16(21-22-20-15)19-14-10-6-5-9-13(14)18/h2-10,15-16,19-22H,11H2,1H3. The number of hydrogen-bond donors (Lipinski definition) is 4. The molecule has 7 heteroatoms. The van der Waals surface area contributed by atoms with Crippen LogP contribution in [0.4, 0.5) is 10.1 Å². The van der Waals surface area contributed by atoms with E-state index in [9.17, 15) is 9.18 Å². The molecule has 0 aromatic heterocycles. The predicted octanol–water partition coefficient (Wildman–Crippen LogP) is 1.20. The van der Waals surface area contributed by atoms with Gasteiger partial charge in [0.2, 0.25) is 5.91 Å². The fourth-order valence-corrected chi connectivity index (χ4v) is 2.61. The number of halogens is 1. The van der Waals surface area contributed by atoms with Gasteiger partial charge in [0.25, 0.3) is 0 Å². The Balaban J connectivity index is 1.66. The molecule has 3 rings (SSSR count). The number of hydrazine groups is 2. The molecule has 6 nitrogen and oxygen atoms in total. The summed E-state index contributed by atoms with van der Waals surface area (Å²) >= 11 is 0. The van der Waals surface area contributed by atoms with Crippen LogP contribution < -0.4 is 21.7 Å². The summed E-state index contributed by atoms with van der Waals surface area (Å²) in [5.74, 6) is -0.472. The summed E-state index contributed by atoms with van der Waals surface area (Å²) in [5.41, 5.74) is 9.88. The number of anilines is 1. The Morgan fingerprint density at radius 1 is 1.12 bits per heavy atom. The zero-order valence-electron chi connectivity index (χ0n) is 13.3. The maximum absolute atomic E-state index is 13.8. The first kappa shape index (κ1) is 16.4. The first-order valence-corrected chi connectivity index (χ1v) is 7.71. The van der Waals surface area contributed by atoms with Crippen LogP contribution in [0, 0.1) is 5.82 Å². The normalized spacial score (nSPS) is 19.9. The van der Waals surface area contributed by atoms with Crippen LogP contribution >= 0.6 is 0 Å². The molecule has 4 N–H and O–H groups in total. The third-order valence-electron chi connectivity index (χ3n) is 3.88. The minimum atomic E-state index is -0.571. The molecule has 2 aromatic rings. The molecule has 24 heavy (non-hydrogen) atoms. The summed E-state index contributed by atoms with van der Waals surface area (Å²) in [5, 5.41) is 3.00. The quantitative estimate of drug-likeness (QED) is 0.664. The topological polar surface area (TPSA) is 68.4 Å². The van der Waals surface area contributed by atoms with Crippen molar-refractivity contribution in [3.8, 4) is 0 Å². The van der Waals surface area contributed by atoms with E-state index >= 15 is 0 Å². The third kappa shape index (κ3) is 3.70. The van der Waals surface area contributed by atoms with Crippen molar-refractivity contribution in [1.82, 2.24) is 21.3 Å². The van der Waals surface area contributed by atoms with Crippen molar-refractivity contribution < 1.29 is 9.18 Å². The largest absolute Gasteiger partial charge is 0.365 e. The van der Waals surface area contributed by atoms with Crippen LogP contribution in [0.3, 0.4) is 0 Å². The van der Waals surface area contributed by atoms with Crippen molar-refractivity contribution in [1.29, 1.82) is 0 Å². The number of carbonyl (C=O) groups is 1. The first-order chi connectivity index (χ1) is 11.6. The monoisotopic (exact) mass is 329 g/mol. The Labute approximate surface area is 140 Å². The second-order valence-corrected chi connectivity index (χ2v) is 5.67. The number of nitrogens with zero attached hydrogens (tertiary/aromatic N) is 1. The lowest BCUT2D eigenvalue weighted by Crippen LogP contribution is -2.50. The molecule has 2 unspecified atom stereocenters. The van der Waals surface area contributed by atoms with Crippen LogP contribution in [-0.2, 0) is 11.3 Å². The van der Waals surface area contributed by atoms with E-state index in [-0.39, 0.29) is 11.7 Å². The summed E-state index contributed by atoms with van der Waals surface area (Å²) in [7, 11) is 1.75. The molecule has 2 atom stereocenters. The van der Waals surface area contributed by atoms with Gasteiger partial charge < -0.3 is 10.2 Å². The van der Waals surface area contributed by atoms with Crippen molar-refractivity contribution in [2.45, 2.75) is 18.8 Å². The zero-order chi connectivity index (χ0) is 16.9. The van der Waals surface area contributed by atoms with E-state index < -0.39 is 12.2 Å². The van der Waals surface area contributed by atoms with Crippen LogP contribution in [0.25, 0.3) is 0 Å². The maximum Gasteiger partial charge on any atom is 0.244 e. The summed E-state index contributed by atoms with van der Waals surface area (Å²) in [4.78, 5) is 14.3. The van der Waals surface area contributed by atoms with Crippen molar-refractivity contribution in [2.24, 2.45) is 0 Å². The molecule has 126 valence electrons. The molecule has 1 heterocycles. The van der Waals surface area contributed by atoms with Gasteiger partial charge in [0, 0.05) is 13.6 Å². The maximum atomic E-state index is 13.8. The van der Waals surface area contributed by atoms with Gasteiger partial charge in [0.1, 0.15) is 18.0 Å². The molecule has 0 saturated carbocycles. The van der Waals surface area contributed by atoms with Crippen LogP contribution in [0.15, 0.2) is 54.6 Å². The molecule has 0 bridgehead atoms. The van der Waals surface area contributed by atoms with Gasteiger partial charge in [0.15, 0.2) is 0 Å². The Morgan fingerprint density at radius 2 is 1.83 bits per heavy atom. The Morgan fingerprint density at radius 3 is 2.58 bits per heavy atom. The highest BCUT2D eigenvalue weighted by atomic mass is 19.1. The van der Waals surface area contributed by atoms with Crippen LogP contribution in [0.2, 0.25) is 0 Å². The summed E-state index contributed by atoms with van der Waals surface area (Å²) < 4.78 is 13.8. The summed E-state index contributed by atoms with van der Waals surface area (Å²) in [6.07, 6.45) is -0.479. The molecule has 0 aliphatic carbocycles. The molecular formula is C17H20FN5O. The smallest absolute Gasteiger partial charge is 0.244 e. The number of likely N-dealkylation sites (N-methyl/N-ethyl adjacent to an activating group) is 1. The molecule has 1 aliphatic heterocycles. The second-order valence-electron chi connectivity index (χ2n) is 5.67. The van der Waals surface area contributed by atoms with E-state index in [0.29, 0.717) is 12.2 Å². The average Bonchev–Trinajstić information content (AvgIpc) is 3.05. The van der Waals surface area contributed by atoms with E-state index in [2.05, 4.69) is 21.7 Å². The minimum absolute atomic E-state index is 0.106. The van der Waals surface area contributed by atoms with Crippen LogP contribution in [0.1, 0.15) is 5.56 Å². The van der Waals surface area contributed by atoms with Crippen molar-refractivity contribution >= 4 is 11.6 Å². The Kier molecular flexibility index (Phi) is 5.05. The van der Waals surface area contributed by atoms with Crippen molar-refractivity contribution in [3.63, 3.8) is 0 Å². The number of benzene rings is 2.